The summed E-state index contributed by atoms with van der Waals surface area (Å²) in [4.78, 5) is 1.48. The molecule has 1 atom stereocenters. The average molecular weight is 390 g/mol. The molecule has 0 bridgehead atoms. The lowest BCUT2D eigenvalue weighted by Crippen LogP contribution is -2.21. The Morgan fingerprint density at radius 2 is 2.04 bits per heavy atom. The van der Waals surface area contributed by atoms with Gasteiger partial charge in [-0.15, -0.1) is 22.7 Å². The summed E-state index contributed by atoms with van der Waals surface area (Å²) in [5.41, 5.74) is 0. The first-order valence-electron chi connectivity index (χ1n) is 6.51. The molecule has 3 rings (SSSR count). The molecule has 122 valence electrons. The third-order valence-corrected chi connectivity index (χ3v) is 7.28. The van der Waals surface area contributed by atoms with E-state index in [0.29, 0.717) is 15.0 Å². The molecule has 0 aliphatic carbocycles. The van der Waals surface area contributed by atoms with Crippen LogP contribution in [0.25, 0.3) is 0 Å². The predicted octanol–water partition coefficient (Wildman–Crippen LogP) is 3.62. The molecule has 2 N–H and O–H groups in total. The highest BCUT2D eigenvalue weighted by molar-refractivity contribution is 7.91. The van der Waals surface area contributed by atoms with Crippen molar-refractivity contribution < 1.29 is 17.9 Å². The van der Waals surface area contributed by atoms with Crippen LogP contribution < -0.4 is 4.72 Å². The van der Waals surface area contributed by atoms with E-state index in [0.717, 1.165) is 16.2 Å². The number of rotatable bonds is 6. The van der Waals surface area contributed by atoms with Gasteiger partial charge < -0.3 is 9.52 Å². The Bertz CT molecular complexity index is 883. The van der Waals surface area contributed by atoms with Gasteiger partial charge in [0.15, 0.2) is 0 Å². The minimum Gasteiger partial charge on any atom is -0.466 e. The standard InChI is InChI=1S/C14H12ClNO4S3/c15-12-5-6-13(22-12)23(18,19)16-8-9-3-4-11(21-9)14(17)10-2-1-7-20-10/h1-7,14,16-17H,8H2. The van der Waals surface area contributed by atoms with Gasteiger partial charge >= 0.3 is 0 Å². The fourth-order valence-electron chi connectivity index (χ4n) is 1.90. The lowest BCUT2D eigenvalue weighted by molar-refractivity contribution is 0.193. The molecule has 3 aromatic rings. The van der Waals surface area contributed by atoms with Crippen molar-refractivity contribution in [1.82, 2.24) is 4.72 Å². The van der Waals surface area contributed by atoms with E-state index in [1.165, 1.54) is 23.7 Å². The summed E-state index contributed by atoms with van der Waals surface area (Å²) in [6.45, 7) is 0.146. The van der Waals surface area contributed by atoms with Gasteiger partial charge in [-0.1, -0.05) is 11.6 Å². The predicted molar refractivity (Wildman–Crippen MR) is 90.4 cm³/mol. The number of aliphatic hydroxyl groups is 1. The van der Waals surface area contributed by atoms with Crippen LogP contribution >= 0.6 is 34.3 Å². The van der Waals surface area contributed by atoms with Gasteiger partial charge in [-0.25, -0.2) is 13.1 Å². The topological polar surface area (TPSA) is 79.5 Å². The van der Waals surface area contributed by atoms with Crippen molar-refractivity contribution in [3.8, 4) is 0 Å². The van der Waals surface area contributed by atoms with Crippen LogP contribution in [0.2, 0.25) is 4.34 Å². The fraction of sp³-hybridized carbons (Fsp3) is 0.143. The van der Waals surface area contributed by atoms with Gasteiger partial charge in [0, 0.05) is 16.3 Å². The Balaban J connectivity index is 1.68. The Morgan fingerprint density at radius 3 is 2.70 bits per heavy atom. The van der Waals surface area contributed by atoms with Gasteiger partial charge in [0.2, 0.25) is 10.0 Å². The van der Waals surface area contributed by atoms with Gasteiger partial charge in [0.05, 0.1) is 10.6 Å². The molecular weight excluding hydrogens is 378 g/mol. The number of hydrogen-bond donors (Lipinski definition) is 2. The second kappa shape index (κ2) is 6.76. The molecule has 0 saturated carbocycles. The van der Waals surface area contributed by atoms with E-state index in [1.54, 1.807) is 30.3 Å². The monoisotopic (exact) mass is 389 g/mol. The van der Waals surface area contributed by atoms with Crippen molar-refractivity contribution in [2.45, 2.75) is 16.9 Å². The maximum absolute atomic E-state index is 12.1. The minimum absolute atomic E-state index is 0.146. The van der Waals surface area contributed by atoms with Crippen molar-refractivity contribution in [1.29, 1.82) is 0 Å². The summed E-state index contributed by atoms with van der Waals surface area (Å²) >= 11 is 8.09. The number of thiophene rings is 2. The summed E-state index contributed by atoms with van der Waals surface area (Å²) in [5.74, 6) is 0.451. The van der Waals surface area contributed by atoms with Crippen LogP contribution in [0.15, 0.2) is 51.3 Å². The second-order valence-electron chi connectivity index (χ2n) is 4.61. The Morgan fingerprint density at radius 1 is 1.22 bits per heavy atom. The number of halogens is 1. The van der Waals surface area contributed by atoms with E-state index in [-0.39, 0.29) is 10.8 Å². The smallest absolute Gasteiger partial charge is 0.250 e. The molecule has 3 aromatic heterocycles. The van der Waals surface area contributed by atoms with Crippen LogP contribution in [-0.4, -0.2) is 13.5 Å². The van der Waals surface area contributed by atoms with Crippen LogP contribution in [0.4, 0.5) is 0 Å². The molecule has 0 aliphatic heterocycles. The van der Waals surface area contributed by atoms with E-state index in [4.69, 9.17) is 16.0 Å². The molecule has 0 spiro atoms. The Labute approximate surface area is 146 Å². The number of sulfonamides is 1. The second-order valence-corrected chi connectivity index (χ2v) is 9.51. The third kappa shape index (κ3) is 3.85. The van der Waals surface area contributed by atoms with Crippen LogP contribution in [0.1, 0.15) is 21.6 Å². The van der Waals surface area contributed by atoms with Crippen molar-refractivity contribution in [2.75, 3.05) is 0 Å². The van der Waals surface area contributed by atoms with Gasteiger partial charge in [-0.2, -0.15) is 0 Å². The molecule has 0 aliphatic rings. The molecule has 3 heterocycles. The van der Waals surface area contributed by atoms with E-state index in [1.807, 2.05) is 0 Å². The lowest BCUT2D eigenvalue weighted by Gasteiger charge is -2.04. The zero-order valence-corrected chi connectivity index (χ0v) is 14.8. The molecular formula is C14H12ClNO4S3. The normalized spacial score (nSPS) is 13.3. The van der Waals surface area contributed by atoms with E-state index < -0.39 is 16.1 Å². The van der Waals surface area contributed by atoms with Gasteiger partial charge in [-0.3, -0.25) is 0 Å². The van der Waals surface area contributed by atoms with Crippen LogP contribution in [0, 0.1) is 0 Å². The zero-order chi connectivity index (χ0) is 16.4. The molecule has 0 fully saturated rings. The summed E-state index contributed by atoms with van der Waals surface area (Å²) in [5, 5.41) is 10.2. The first kappa shape index (κ1) is 16.7. The van der Waals surface area contributed by atoms with E-state index in [9.17, 15) is 13.5 Å². The average Bonchev–Trinajstić information content (AvgIpc) is 3.25. The van der Waals surface area contributed by atoms with E-state index >= 15 is 0 Å². The quantitative estimate of drug-likeness (QED) is 0.674. The maximum Gasteiger partial charge on any atom is 0.250 e. The molecule has 9 heteroatoms. The maximum atomic E-state index is 12.1. The van der Waals surface area contributed by atoms with Crippen molar-refractivity contribution in [3.63, 3.8) is 0 Å². The highest BCUT2D eigenvalue weighted by Gasteiger charge is 2.18. The molecule has 0 radical (unpaired) electrons. The molecule has 1 unspecified atom stereocenters. The fourth-order valence-corrected chi connectivity index (χ4v) is 5.48. The van der Waals surface area contributed by atoms with Crippen LogP contribution in [0.3, 0.4) is 0 Å². The highest BCUT2D eigenvalue weighted by atomic mass is 35.5. The Hall–Kier alpha value is -1.16. The number of aliphatic hydroxyl groups excluding tert-OH is 1. The van der Waals surface area contributed by atoms with Gasteiger partial charge in [0.25, 0.3) is 0 Å². The van der Waals surface area contributed by atoms with E-state index in [2.05, 4.69) is 4.72 Å². The van der Waals surface area contributed by atoms with Gasteiger partial charge in [0.1, 0.15) is 16.1 Å². The summed E-state index contributed by atoms with van der Waals surface area (Å²) < 4.78 is 32.5. The molecule has 0 amide bonds. The molecule has 23 heavy (non-hydrogen) atoms. The summed E-state index contributed by atoms with van der Waals surface area (Å²) in [6.07, 6.45) is 0.643. The SMILES string of the molecule is O=S(=O)(NCc1ccc(C(O)c2ccco2)s1)c1ccc(Cl)s1. The van der Waals surface area contributed by atoms with Gasteiger partial charge in [-0.05, 0) is 36.4 Å². The molecule has 0 saturated heterocycles. The summed E-state index contributed by atoms with van der Waals surface area (Å²) in [6, 6.07) is 9.93. The third-order valence-electron chi connectivity index (χ3n) is 3.01. The zero-order valence-electron chi connectivity index (χ0n) is 11.6. The van der Waals surface area contributed by atoms with Crippen LogP contribution in [0.5, 0.6) is 0 Å². The lowest BCUT2D eigenvalue weighted by atomic mass is 10.2. The van der Waals surface area contributed by atoms with Crippen molar-refractivity contribution in [2.24, 2.45) is 0 Å². The largest absolute Gasteiger partial charge is 0.466 e. The highest BCUT2D eigenvalue weighted by Crippen LogP contribution is 2.29. The molecule has 0 aromatic carbocycles. The van der Waals surface area contributed by atoms with Crippen molar-refractivity contribution in [3.05, 3.63) is 62.5 Å². The minimum atomic E-state index is -3.58. The molecule has 5 nitrogen and oxygen atoms in total. The number of hydrogen-bond acceptors (Lipinski definition) is 6. The van der Waals surface area contributed by atoms with Crippen molar-refractivity contribution >= 4 is 44.3 Å². The first-order chi connectivity index (χ1) is 11.0. The summed E-state index contributed by atoms with van der Waals surface area (Å²) in [7, 11) is -3.58. The first-order valence-corrected chi connectivity index (χ1v) is 10.0. The number of furan rings is 1. The Kier molecular flexibility index (Phi) is 4.90. The van der Waals surface area contributed by atoms with Crippen LogP contribution in [-0.2, 0) is 16.6 Å². The number of nitrogens with one attached hydrogen (secondary N) is 1.